The average molecular weight is 464 g/mol. The van der Waals surface area contributed by atoms with Crippen molar-refractivity contribution in [2.24, 2.45) is 0 Å². The number of hydrogen-bond acceptors (Lipinski definition) is 6. The van der Waals surface area contributed by atoms with Crippen LogP contribution < -0.4 is 13.9 Å². The van der Waals surface area contributed by atoms with E-state index < -0.39 is 21.5 Å². The van der Waals surface area contributed by atoms with E-state index in [1.165, 1.54) is 31.1 Å². The summed E-state index contributed by atoms with van der Waals surface area (Å²) in [4.78, 5) is 26.4. The van der Waals surface area contributed by atoms with E-state index in [0.717, 1.165) is 23.5 Å². The van der Waals surface area contributed by atoms with Crippen LogP contribution in [0.1, 0.15) is 5.56 Å². The fourth-order valence-corrected chi connectivity index (χ4v) is 4.93. The molecule has 0 saturated carbocycles. The molecule has 0 bridgehead atoms. The first-order valence-corrected chi connectivity index (χ1v) is 11.6. The van der Waals surface area contributed by atoms with Gasteiger partial charge in [-0.3, -0.25) is 19.2 Å². The van der Waals surface area contributed by atoms with Crippen molar-refractivity contribution >= 4 is 27.3 Å². The second kappa shape index (κ2) is 9.53. The van der Waals surface area contributed by atoms with Crippen LogP contribution in [0.4, 0.5) is 11.4 Å². The molecule has 172 valence electrons. The van der Waals surface area contributed by atoms with E-state index in [9.17, 15) is 23.3 Å². The zero-order valence-corrected chi connectivity index (χ0v) is 19.1. The second-order valence-electron chi connectivity index (χ2n) is 7.75. The lowest BCUT2D eigenvalue weighted by atomic mass is 10.2. The molecule has 1 aliphatic rings. The average Bonchev–Trinajstić information content (AvgIpc) is 2.77. The SMILES string of the molecule is COc1ccc(N(CC(=O)N2CC[NH+](C)CC2)S(=O)(=O)c2ccc(C)c([N+](=O)[O-])c2)cc1. The molecule has 1 aliphatic heterocycles. The highest BCUT2D eigenvalue weighted by molar-refractivity contribution is 7.92. The van der Waals surface area contributed by atoms with Crippen LogP contribution in [-0.2, 0) is 14.8 Å². The maximum atomic E-state index is 13.5. The van der Waals surface area contributed by atoms with Crippen molar-refractivity contribution in [3.8, 4) is 5.75 Å². The third-order valence-corrected chi connectivity index (χ3v) is 7.34. The van der Waals surface area contributed by atoms with Gasteiger partial charge in [0.15, 0.2) is 0 Å². The van der Waals surface area contributed by atoms with Gasteiger partial charge in [-0.05, 0) is 37.3 Å². The van der Waals surface area contributed by atoms with Crippen molar-refractivity contribution in [1.82, 2.24) is 4.90 Å². The number of rotatable bonds is 7. The summed E-state index contributed by atoms with van der Waals surface area (Å²) in [6, 6.07) is 10.0. The summed E-state index contributed by atoms with van der Waals surface area (Å²) in [7, 11) is -0.720. The summed E-state index contributed by atoms with van der Waals surface area (Å²) in [5.74, 6) is 0.212. The maximum absolute atomic E-state index is 13.5. The molecule has 1 N–H and O–H groups in total. The molecule has 1 saturated heterocycles. The van der Waals surface area contributed by atoms with E-state index in [1.807, 2.05) is 7.05 Å². The maximum Gasteiger partial charge on any atom is 0.273 e. The molecule has 0 aliphatic carbocycles. The fourth-order valence-electron chi connectivity index (χ4n) is 3.50. The predicted octanol–water partition coefficient (Wildman–Crippen LogP) is 0.464. The van der Waals surface area contributed by atoms with Crippen LogP contribution in [0.15, 0.2) is 47.4 Å². The lowest BCUT2D eigenvalue weighted by Gasteiger charge is -2.32. The lowest BCUT2D eigenvalue weighted by Crippen LogP contribution is -3.12. The molecular formula is C21H27N4O6S+. The minimum atomic E-state index is -4.26. The number of piperazine rings is 1. The first-order valence-electron chi connectivity index (χ1n) is 10.1. The molecule has 1 fully saturated rings. The van der Waals surface area contributed by atoms with Gasteiger partial charge in [-0.25, -0.2) is 8.42 Å². The van der Waals surface area contributed by atoms with Crippen molar-refractivity contribution in [1.29, 1.82) is 0 Å². The first kappa shape index (κ1) is 23.5. The van der Waals surface area contributed by atoms with Gasteiger partial charge in [-0.2, -0.15) is 0 Å². The standard InChI is InChI=1S/C21H26N4O6S/c1-16-4-9-19(14-20(16)25(27)28)32(29,30)24(17-5-7-18(31-3)8-6-17)15-21(26)23-12-10-22(2)11-13-23/h4-9,14H,10-13,15H2,1-3H3/p+1. The Labute approximate surface area is 187 Å². The molecule has 0 aromatic heterocycles. The minimum Gasteiger partial charge on any atom is -0.497 e. The van der Waals surface area contributed by atoms with Gasteiger partial charge < -0.3 is 14.5 Å². The Bertz CT molecular complexity index is 1100. The number of quaternary nitrogens is 1. The van der Waals surface area contributed by atoms with Gasteiger partial charge in [0.1, 0.15) is 12.3 Å². The van der Waals surface area contributed by atoms with Gasteiger partial charge in [0.2, 0.25) is 5.91 Å². The minimum absolute atomic E-state index is 0.249. The summed E-state index contributed by atoms with van der Waals surface area (Å²) in [6.07, 6.45) is 0. The van der Waals surface area contributed by atoms with E-state index in [2.05, 4.69) is 0 Å². The molecule has 2 aromatic rings. The van der Waals surface area contributed by atoms with Crippen molar-refractivity contribution in [2.45, 2.75) is 11.8 Å². The van der Waals surface area contributed by atoms with E-state index >= 15 is 0 Å². The number of amides is 1. The number of anilines is 1. The molecule has 11 heteroatoms. The number of nitro groups is 1. The van der Waals surface area contributed by atoms with Gasteiger partial charge in [0, 0.05) is 11.6 Å². The summed E-state index contributed by atoms with van der Waals surface area (Å²) < 4.78 is 33.2. The first-order chi connectivity index (χ1) is 15.1. The number of methoxy groups -OCH3 is 1. The van der Waals surface area contributed by atoms with Gasteiger partial charge >= 0.3 is 0 Å². The Hall–Kier alpha value is -3.18. The van der Waals surface area contributed by atoms with E-state index in [1.54, 1.807) is 29.2 Å². The fraction of sp³-hybridized carbons (Fsp3) is 0.381. The van der Waals surface area contributed by atoms with Crippen LogP contribution in [0.5, 0.6) is 5.75 Å². The number of benzene rings is 2. The van der Waals surface area contributed by atoms with Crippen LogP contribution in [0.2, 0.25) is 0 Å². The molecule has 1 amide bonds. The Morgan fingerprint density at radius 2 is 1.81 bits per heavy atom. The summed E-state index contributed by atoms with van der Waals surface area (Å²) in [6.45, 7) is 3.77. The van der Waals surface area contributed by atoms with Crippen molar-refractivity contribution in [3.05, 3.63) is 58.1 Å². The third-order valence-electron chi connectivity index (χ3n) is 5.57. The number of nitro benzene ring substituents is 1. The molecule has 0 atom stereocenters. The molecule has 0 radical (unpaired) electrons. The highest BCUT2D eigenvalue weighted by Gasteiger charge is 2.31. The smallest absolute Gasteiger partial charge is 0.273 e. The quantitative estimate of drug-likeness (QED) is 0.471. The summed E-state index contributed by atoms with van der Waals surface area (Å²) in [5, 5.41) is 11.3. The highest BCUT2D eigenvalue weighted by atomic mass is 32.2. The Kier molecular flexibility index (Phi) is 6.99. The molecule has 2 aromatic carbocycles. The monoisotopic (exact) mass is 463 g/mol. The lowest BCUT2D eigenvalue weighted by molar-refractivity contribution is -0.883. The highest BCUT2D eigenvalue weighted by Crippen LogP contribution is 2.29. The van der Waals surface area contributed by atoms with Crippen molar-refractivity contribution < 1.29 is 27.8 Å². The number of likely N-dealkylation sites (N-methyl/N-ethyl adjacent to an activating group) is 1. The Balaban J connectivity index is 2.00. The van der Waals surface area contributed by atoms with Crippen molar-refractivity contribution in [2.75, 3.05) is 51.2 Å². The second-order valence-corrected chi connectivity index (χ2v) is 9.62. The van der Waals surface area contributed by atoms with Gasteiger partial charge in [0.05, 0.1) is 55.8 Å². The van der Waals surface area contributed by atoms with Gasteiger partial charge in [0.25, 0.3) is 15.7 Å². The zero-order valence-electron chi connectivity index (χ0n) is 18.3. The number of nitrogens with one attached hydrogen (secondary N) is 1. The van der Waals surface area contributed by atoms with Crippen LogP contribution in [-0.4, -0.2) is 71.0 Å². The van der Waals surface area contributed by atoms with Gasteiger partial charge in [-0.15, -0.1) is 0 Å². The number of carbonyl (C=O) groups is 1. The van der Waals surface area contributed by atoms with E-state index in [0.29, 0.717) is 24.4 Å². The van der Waals surface area contributed by atoms with Crippen molar-refractivity contribution in [3.63, 3.8) is 0 Å². The van der Waals surface area contributed by atoms with Crippen LogP contribution >= 0.6 is 0 Å². The molecule has 0 unspecified atom stereocenters. The van der Waals surface area contributed by atoms with Gasteiger partial charge in [-0.1, -0.05) is 6.07 Å². The molecule has 32 heavy (non-hydrogen) atoms. The zero-order chi connectivity index (χ0) is 23.5. The summed E-state index contributed by atoms with van der Waals surface area (Å²) >= 11 is 0. The van der Waals surface area contributed by atoms with Crippen LogP contribution in [0.25, 0.3) is 0 Å². The molecule has 3 rings (SSSR count). The number of aryl methyl sites for hydroxylation is 1. The number of carbonyl (C=O) groups excluding carboxylic acids is 1. The number of sulfonamides is 1. The molecule has 10 nitrogen and oxygen atoms in total. The number of ether oxygens (including phenoxy) is 1. The third kappa shape index (κ3) is 5.00. The topological polar surface area (TPSA) is 114 Å². The van der Waals surface area contributed by atoms with E-state index in [-0.39, 0.29) is 22.2 Å². The number of nitrogens with zero attached hydrogens (tertiary/aromatic N) is 3. The normalized spacial score (nSPS) is 14.8. The Morgan fingerprint density at radius 1 is 1.19 bits per heavy atom. The summed E-state index contributed by atoms with van der Waals surface area (Å²) in [5.41, 5.74) is 0.317. The largest absolute Gasteiger partial charge is 0.497 e. The Morgan fingerprint density at radius 3 is 2.38 bits per heavy atom. The number of hydrogen-bond donors (Lipinski definition) is 1. The molecule has 1 heterocycles. The van der Waals surface area contributed by atoms with Crippen LogP contribution in [0.3, 0.4) is 0 Å². The molecular weight excluding hydrogens is 436 g/mol. The van der Waals surface area contributed by atoms with E-state index in [4.69, 9.17) is 4.74 Å². The predicted molar refractivity (Wildman–Crippen MR) is 119 cm³/mol. The molecule has 0 spiro atoms. The van der Waals surface area contributed by atoms with Crippen LogP contribution in [0, 0.1) is 17.0 Å².